The van der Waals surface area contributed by atoms with E-state index in [0.29, 0.717) is 34.6 Å². The van der Waals surface area contributed by atoms with Gasteiger partial charge in [-0.25, -0.2) is 19.6 Å². The third-order valence-electron chi connectivity index (χ3n) is 5.71. The third-order valence-corrected chi connectivity index (χ3v) is 6.69. The fraction of sp³-hybridized carbons (Fsp3) is 0.273. The van der Waals surface area contributed by atoms with Gasteiger partial charge in [-0.2, -0.15) is 0 Å². The summed E-state index contributed by atoms with van der Waals surface area (Å²) < 4.78 is 13.0. The van der Waals surface area contributed by atoms with Crippen LogP contribution in [0.2, 0.25) is 0 Å². The van der Waals surface area contributed by atoms with E-state index in [1.165, 1.54) is 0 Å². The van der Waals surface area contributed by atoms with E-state index < -0.39 is 16.7 Å². The van der Waals surface area contributed by atoms with Crippen LogP contribution in [0.1, 0.15) is 43.9 Å². The summed E-state index contributed by atoms with van der Waals surface area (Å²) in [5.74, 6) is 0.517. The second kappa shape index (κ2) is 7.42. The summed E-state index contributed by atoms with van der Waals surface area (Å²) in [5, 5.41) is 0.800. The number of fused-ring (bicyclic) bond motifs is 2. The highest BCUT2D eigenvalue weighted by molar-refractivity contribution is 9.10. The highest BCUT2D eigenvalue weighted by atomic mass is 79.9. The molecule has 0 amide bonds. The molecule has 30 heavy (non-hydrogen) atoms. The Hall–Kier alpha value is -2.32. The molecule has 5 rings (SSSR count). The van der Waals surface area contributed by atoms with Crippen molar-refractivity contribution in [1.29, 1.82) is 0 Å². The van der Waals surface area contributed by atoms with Crippen molar-refractivity contribution >= 4 is 53.7 Å². The van der Waals surface area contributed by atoms with Crippen molar-refractivity contribution in [3.8, 4) is 0 Å². The predicted molar refractivity (Wildman–Crippen MR) is 120 cm³/mol. The van der Waals surface area contributed by atoms with Gasteiger partial charge in [0.05, 0.1) is 21.8 Å². The Kier molecular flexibility index (Phi) is 4.86. The molecule has 0 unspecified atom stereocenters. The van der Waals surface area contributed by atoms with Gasteiger partial charge < -0.3 is 8.83 Å². The van der Waals surface area contributed by atoms with Crippen molar-refractivity contribution in [2.24, 2.45) is 0 Å². The molecule has 8 heteroatoms. The number of rotatable bonds is 2. The van der Waals surface area contributed by atoms with Crippen LogP contribution in [0.15, 0.2) is 63.8 Å². The minimum Gasteiger partial charge on any atom is -0.407 e. The van der Waals surface area contributed by atoms with Crippen molar-refractivity contribution in [3.05, 3.63) is 78.0 Å². The fourth-order valence-electron chi connectivity index (χ4n) is 4.17. The number of hydrogen-bond acceptors (Lipinski definition) is 6. The standard InChI is InChI=1S/C22H16Br2N2O4/c23-12-4-6-16-14(10-12)18(27)29-20(25-16)22(8-2-1-3-9-22)21-26-17-7-5-13(24)11-15(17)19(28)30-21/h4-7,10-11H,1-3,8-9H2. The monoisotopic (exact) mass is 530 g/mol. The van der Waals surface area contributed by atoms with E-state index in [1.54, 1.807) is 24.3 Å². The Morgan fingerprint density at radius 2 is 1.20 bits per heavy atom. The zero-order valence-corrected chi connectivity index (χ0v) is 19.0. The van der Waals surface area contributed by atoms with Crippen LogP contribution >= 0.6 is 31.9 Å². The number of aromatic nitrogens is 2. The maximum atomic E-state index is 12.7. The van der Waals surface area contributed by atoms with Gasteiger partial charge in [-0.15, -0.1) is 0 Å². The first-order valence-electron chi connectivity index (χ1n) is 9.68. The molecule has 0 bridgehead atoms. The number of benzene rings is 2. The first-order chi connectivity index (χ1) is 14.5. The topological polar surface area (TPSA) is 86.2 Å². The van der Waals surface area contributed by atoms with Gasteiger partial charge in [-0.1, -0.05) is 51.1 Å². The molecule has 2 aromatic carbocycles. The van der Waals surface area contributed by atoms with Gasteiger partial charge in [0.2, 0.25) is 11.8 Å². The zero-order chi connectivity index (χ0) is 20.9. The van der Waals surface area contributed by atoms with E-state index in [9.17, 15) is 9.59 Å². The Labute approximate surface area is 187 Å². The van der Waals surface area contributed by atoms with E-state index in [-0.39, 0.29) is 11.8 Å². The number of halogens is 2. The lowest BCUT2D eigenvalue weighted by Gasteiger charge is -2.32. The molecule has 1 fully saturated rings. The van der Waals surface area contributed by atoms with Crippen molar-refractivity contribution in [2.75, 3.05) is 0 Å². The minimum atomic E-state index is -0.848. The smallest absolute Gasteiger partial charge is 0.346 e. The van der Waals surface area contributed by atoms with Crippen molar-refractivity contribution in [1.82, 2.24) is 9.97 Å². The second-order valence-electron chi connectivity index (χ2n) is 7.58. The first-order valence-corrected chi connectivity index (χ1v) is 11.3. The number of nitrogens with zero attached hydrogens (tertiary/aromatic N) is 2. The summed E-state index contributed by atoms with van der Waals surface area (Å²) >= 11 is 6.75. The van der Waals surface area contributed by atoms with Gasteiger partial charge in [0, 0.05) is 8.95 Å². The van der Waals surface area contributed by atoms with Crippen LogP contribution in [-0.2, 0) is 5.41 Å². The lowest BCUT2D eigenvalue weighted by Crippen LogP contribution is -2.34. The second-order valence-corrected chi connectivity index (χ2v) is 9.41. The molecule has 0 spiro atoms. The van der Waals surface area contributed by atoms with Gasteiger partial charge in [-0.3, -0.25) is 0 Å². The molecule has 4 aromatic rings. The summed E-state index contributed by atoms with van der Waals surface area (Å²) in [5.41, 5.74) is -0.691. The van der Waals surface area contributed by atoms with Crippen molar-refractivity contribution < 1.29 is 8.83 Å². The van der Waals surface area contributed by atoms with Crippen molar-refractivity contribution in [2.45, 2.75) is 37.5 Å². The number of hydrogen-bond donors (Lipinski definition) is 0. The van der Waals surface area contributed by atoms with Gasteiger partial charge in [0.15, 0.2) is 0 Å². The molecule has 1 aliphatic rings. The largest absolute Gasteiger partial charge is 0.407 e. The molecule has 0 radical (unpaired) electrons. The molecule has 2 aromatic heterocycles. The average molecular weight is 532 g/mol. The summed E-state index contributed by atoms with van der Waals surface area (Å²) in [7, 11) is 0. The quantitative estimate of drug-likeness (QED) is 0.341. The van der Waals surface area contributed by atoms with Gasteiger partial charge in [0.1, 0.15) is 5.41 Å². The molecule has 6 nitrogen and oxygen atoms in total. The maximum Gasteiger partial charge on any atom is 0.346 e. The molecule has 1 saturated carbocycles. The van der Waals surface area contributed by atoms with Gasteiger partial charge in [-0.05, 0) is 49.2 Å². The van der Waals surface area contributed by atoms with Gasteiger partial charge >= 0.3 is 11.3 Å². The normalized spacial score (nSPS) is 16.2. The SMILES string of the molecule is O=c1oc(C2(c3nc4ccc(Br)cc4c(=O)o3)CCCCC2)nc2ccc(Br)cc12. The molecule has 0 saturated heterocycles. The third kappa shape index (κ3) is 3.22. The van der Waals surface area contributed by atoms with Crippen LogP contribution in [0, 0.1) is 0 Å². The van der Waals surface area contributed by atoms with E-state index in [2.05, 4.69) is 41.8 Å². The fourth-order valence-corrected chi connectivity index (χ4v) is 4.89. The molecule has 0 atom stereocenters. The van der Waals surface area contributed by atoms with Crippen LogP contribution in [0.25, 0.3) is 21.8 Å². The molecule has 152 valence electrons. The summed E-state index contributed by atoms with van der Waals surface area (Å²) in [6.45, 7) is 0. The van der Waals surface area contributed by atoms with Crippen LogP contribution in [-0.4, -0.2) is 9.97 Å². The van der Waals surface area contributed by atoms with Gasteiger partial charge in [0.25, 0.3) is 0 Å². The Morgan fingerprint density at radius 1 is 0.733 bits per heavy atom. The molecule has 0 aliphatic heterocycles. The minimum absolute atomic E-state index is 0.258. The first kappa shape index (κ1) is 19.6. The Balaban J connectivity index is 1.77. The van der Waals surface area contributed by atoms with Crippen LogP contribution in [0.4, 0.5) is 0 Å². The highest BCUT2D eigenvalue weighted by Crippen LogP contribution is 2.43. The average Bonchev–Trinajstić information content (AvgIpc) is 2.75. The summed E-state index contributed by atoms with van der Waals surface area (Å²) in [4.78, 5) is 34.8. The molecular formula is C22H16Br2N2O4. The lowest BCUT2D eigenvalue weighted by atomic mass is 9.73. The Morgan fingerprint density at radius 3 is 1.67 bits per heavy atom. The lowest BCUT2D eigenvalue weighted by molar-refractivity contribution is 0.214. The van der Waals surface area contributed by atoms with Crippen LogP contribution in [0.5, 0.6) is 0 Å². The zero-order valence-electron chi connectivity index (χ0n) is 15.8. The van der Waals surface area contributed by atoms with E-state index >= 15 is 0 Å². The maximum absolute atomic E-state index is 12.7. The summed E-state index contributed by atoms with van der Waals surface area (Å²) in [6.07, 6.45) is 4.13. The van der Waals surface area contributed by atoms with Crippen molar-refractivity contribution in [3.63, 3.8) is 0 Å². The van der Waals surface area contributed by atoms with Crippen LogP contribution in [0.3, 0.4) is 0 Å². The molecule has 1 aliphatic carbocycles. The molecule has 0 N–H and O–H groups in total. The summed E-state index contributed by atoms with van der Waals surface area (Å²) in [6, 6.07) is 10.6. The van der Waals surface area contributed by atoms with E-state index in [4.69, 9.17) is 8.83 Å². The molecular weight excluding hydrogens is 516 g/mol. The Bertz CT molecular complexity index is 1300. The van der Waals surface area contributed by atoms with E-state index in [1.807, 2.05) is 12.1 Å². The highest BCUT2D eigenvalue weighted by Gasteiger charge is 2.44. The predicted octanol–water partition coefficient (Wildman–Crippen LogP) is 5.46. The molecule has 2 heterocycles. The van der Waals surface area contributed by atoms with Crippen LogP contribution < -0.4 is 11.3 Å². The van der Waals surface area contributed by atoms with E-state index in [0.717, 1.165) is 28.2 Å².